The van der Waals surface area contributed by atoms with E-state index >= 15 is 0 Å². The zero-order chi connectivity index (χ0) is 17.1. The molecule has 0 aliphatic rings. The van der Waals surface area contributed by atoms with E-state index in [0.29, 0.717) is 5.75 Å². The molecule has 1 aromatic heterocycles. The molecule has 126 valence electrons. The zero-order valence-corrected chi connectivity index (χ0v) is 14.9. The van der Waals surface area contributed by atoms with Gasteiger partial charge in [0.2, 0.25) is 0 Å². The number of furan rings is 1. The lowest BCUT2D eigenvalue weighted by Gasteiger charge is -2.13. The maximum Gasteiger partial charge on any atom is 0.176 e. The van der Waals surface area contributed by atoms with Crippen molar-refractivity contribution in [3.63, 3.8) is 0 Å². The fourth-order valence-electron chi connectivity index (χ4n) is 2.74. The second-order valence-electron chi connectivity index (χ2n) is 5.81. The van der Waals surface area contributed by atoms with E-state index in [4.69, 9.17) is 9.15 Å². The van der Waals surface area contributed by atoms with Gasteiger partial charge < -0.3 is 14.5 Å². The van der Waals surface area contributed by atoms with Crippen LogP contribution in [0.4, 0.5) is 5.69 Å². The highest BCUT2D eigenvalue weighted by molar-refractivity contribution is 7.83. The lowest BCUT2D eigenvalue weighted by atomic mass is 10.2. The van der Waals surface area contributed by atoms with Crippen molar-refractivity contribution in [2.75, 3.05) is 18.7 Å². The summed E-state index contributed by atoms with van der Waals surface area (Å²) in [5, 5.41) is 4.46. The van der Waals surface area contributed by atoms with Crippen molar-refractivity contribution in [3.8, 4) is 5.75 Å². The Hall–Kier alpha value is -2.27. The molecule has 0 saturated heterocycles. The molecule has 3 aromatic rings. The Morgan fingerprint density at radius 1 is 1.21 bits per heavy atom. The minimum atomic E-state index is -0.848. The van der Waals surface area contributed by atoms with Crippen LogP contribution < -0.4 is 10.1 Å². The molecule has 4 nitrogen and oxygen atoms in total. The highest BCUT2D eigenvalue weighted by Gasteiger charge is 2.14. The number of hydrogen-bond donors (Lipinski definition) is 1. The summed E-state index contributed by atoms with van der Waals surface area (Å²) in [6.45, 7) is 2.05. The molecule has 2 atom stereocenters. The van der Waals surface area contributed by atoms with E-state index in [1.807, 2.05) is 48.5 Å². The number of benzene rings is 2. The van der Waals surface area contributed by atoms with Crippen LogP contribution in [-0.4, -0.2) is 17.6 Å². The monoisotopic (exact) mass is 343 g/mol. The molecule has 0 saturated carbocycles. The number of rotatable bonds is 6. The molecule has 0 bridgehead atoms. The molecular formula is C19H21NO3S. The predicted octanol–water partition coefficient (Wildman–Crippen LogP) is 4.49. The van der Waals surface area contributed by atoms with E-state index in [9.17, 15) is 4.21 Å². The van der Waals surface area contributed by atoms with E-state index in [2.05, 4.69) is 12.2 Å². The molecule has 0 radical (unpaired) electrons. The highest BCUT2D eigenvalue weighted by atomic mass is 32.2. The van der Waals surface area contributed by atoms with E-state index in [1.54, 1.807) is 13.4 Å². The highest BCUT2D eigenvalue weighted by Crippen LogP contribution is 2.32. The van der Waals surface area contributed by atoms with Crippen LogP contribution in [0, 0.1) is 0 Å². The Kier molecular flexibility index (Phi) is 4.90. The molecule has 0 spiro atoms. The van der Waals surface area contributed by atoms with Gasteiger partial charge in [0, 0.05) is 33.9 Å². The van der Waals surface area contributed by atoms with E-state index < -0.39 is 10.8 Å². The summed E-state index contributed by atoms with van der Waals surface area (Å²) in [6.07, 6.45) is 1.71. The first-order valence-electron chi connectivity index (χ1n) is 7.79. The van der Waals surface area contributed by atoms with Gasteiger partial charge in [0.1, 0.15) is 5.76 Å². The van der Waals surface area contributed by atoms with Crippen molar-refractivity contribution in [2.24, 2.45) is 0 Å². The molecule has 3 rings (SSSR count). The molecule has 0 unspecified atom stereocenters. The van der Waals surface area contributed by atoms with Crippen LogP contribution in [-0.2, 0) is 16.6 Å². The van der Waals surface area contributed by atoms with E-state index in [1.165, 1.54) is 0 Å². The van der Waals surface area contributed by atoms with Gasteiger partial charge in [-0.25, -0.2) is 0 Å². The number of methoxy groups -OCH3 is 1. The molecule has 1 N–H and O–H groups in total. The summed E-state index contributed by atoms with van der Waals surface area (Å²) in [5.74, 6) is 2.14. The van der Waals surface area contributed by atoms with Gasteiger partial charge in [0.25, 0.3) is 0 Å². The maximum atomic E-state index is 11.4. The minimum Gasteiger partial charge on any atom is -0.493 e. The quantitative estimate of drug-likeness (QED) is 0.716. The number of fused-ring (bicyclic) bond motifs is 1. The van der Waals surface area contributed by atoms with Gasteiger partial charge in [-0.2, -0.15) is 0 Å². The van der Waals surface area contributed by atoms with Gasteiger partial charge in [-0.1, -0.05) is 24.3 Å². The van der Waals surface area contributed by atoms with Gasteiger partial charge in [-0.15, -0.1) is 0 Å². The standard InChI is InChI=1S/C19H21NO3S/c1-13(20-16-8-4-6-14(10-16)12-24(3)21)18-11-15-7-5-9-17(22-2)19(15)23-18/h4-11,13,20H,12H2,1-3H3/t13-,24-/m1/s1. The fourth-order valence-corrected chi connectivity index (χ4v) is 3.39. The number of anilines is 1. The number of para-hydroxylation sites is 1. The van der Waals surface area contributed by atoms with Gasteiger partial charge in [0.15, 0.2) is 11.3 Å². The van der Waals surface area contributed by atoms with Crippen LogP contribution in [0.1, 0.15) is 24.3 Å². The van der Waals surface area contributed by atoms with Crippen LogP contribution in [0.3, 0.4) is 0 Å². The Labute approximate surface area is 144 Å². The van der Waals surface area contributed by atoms with Crippen LogP contribution in [0.5, 0.6) is 5.75 Å². The molecule has 0 fully saturated rings. The molecule has 2 aromatic carbocycles. The first-order valence-corrected chi connectivity index (χ1v) is 9.51. The van der Waals surface area contributed by atoms with Crippen molar-refractivity contribution in [3.05, 3.63) is 59.9 Å². The minimum absolute atomic E-state index is 0.00415. The molecule has 0 aliphatic heterocycles. The van der Waals surface area contributed by atoms with Crippen LogP contribution >= 0.6 is 0 Å². The largest absolute Gasteiger partial charge is 0.493 e. The van der Waals surface area contributed by atoms with Crippen molar-refractivity contribution < 1.29 is 13.4 Å². The van der Waals surface area contributed by atoms with Crippen LogP contribution in [0.2, 0.25) is 0 Å². The number of hydrogen-bond acceptors (Lipinski definition) is 4. The summed E-state index contributed by atoms with van der Waals surface area (Å²) >= 11 is 0. The summed E-state index contributed by atoms with van der Waals surface area (Å²) in [7, 11) is 0.793. The summed E-state index contributed by atoms with van der Waals surface area (Å²) < 4.78 is 22.7. The van der Waals surface area contributed by atoms with E-state index in [-0.39, 0.29) is 6.04 Å². The molecule has 0 amide bonds. The van der Waals surface area contributed by atoms with Crippen molar-refractivity contribution in [2.45, 2.75) is 18.7 Å². The Bertz CT molecular complexity index is 872. The summed E-state index contributed by atoms with van der Waals surface area (Å²) in [6, 6.07) is 15.9. The fraction of sp³-hybridized carbons (Fsp3) is 0.263. The number of ether oxygens (including phenoxy) is 1. The first kappa shape index (κ1) is 16.6. The van der Waals surface area contributed by atoms with Crippen molar-refractivity contribution >= 4 is 27.5 Å². The molecule has 1 heterocycles. The molecule has 24 heavy (non-hydrogen) atoms. The van der Waals surface area contributed by atoms with Gasteiger partial charge in [-0.05, 0) is 36.8 Å². The second kappa shape index (κ2) is 7.09. The Balaban J connectivity index is 1.82. The van der Waals surface area contributed by atoms with Gasteiger partial charge in [0.05, 0.1) is 13.2 Å². The van der Waals surface area contributed by atoms with Gasteiger partial charge in [-0.3, -0.25) is 4.21 Å². The summed E-state index contributed by atoms with van der Waals surface area (Å²) in [4.78, 5) is 0. The van der Waals surface area contributed by atoms with E-state index in [0.717, 1.165) is 33.7 Å². The van der Waals surface area contributed by atoms with Crippen LogP contribution in [0.15, 0.2) is 52.9 Å². The third-order valence-corrected chi connectivity index (χ3v) is 4.59. The average Bonchev–Trinajstić information content (AvgIpc) is 2.98. The topological polar surface area (TPSA) is 51.5 Å². The Morgan fingerprint density at radius 2 is 2.00 bits per heavy atom. The van der Waals surface area contributed by atoms with Gasteiger partial charge >= 0.3 is 0 Å². The lowest BCUT2D eigenvalue weighted by molar-refractivity contribution is 0.406. The Morgan fingerprint density at radius 3 is 2.75 bits per heavy atom. The number of nitrogens with one attached hydrogen (secondary N) is 1. The zero-order valence-electron chi connectivity index (χ0n) is 14.0. The van der Waals surface area contributed by atoms with Crippen molar-refractivity contribution in [1.29, 1.82) is 0 Å². The third kappa shape index (κ3) is 3.62. The molecule has 5 heteroatoms. The first-order chi connectivity index (χ1) is 11.6. The molecule has 0 aliphatic carbocycles. The van der Waals surface area contributed by atoms with Crippen molar-refractivity contribution in [1.82, 2.24) is 0 Å². The summed E-state index contributed by atoms with van der Waals surface area (Å²) in [5.41, 5.74) is 2.80. The smallest absolute Gasteiger partial charge is 0.176 e. The normalized spacial score (nSPS) is 13.6. The average molecular weight is 343 g/mol. The SMILES string of the molecule is COc1cccc2cc([C@@H](C)Nc3cccc(C[S@@](C)=O)c3)oc12. The predicted molar refractivity (Wildman–Crippen MR) is 99.0 cm³/mol. The van der Waals surface area contributed by atoms with Crippen LogP contribution in [0.25, 0.3) is 11.0 Å². The third-order valence-electron chi connectivity index (χ3n) is 3.85. The lowest BCUT2D eigenvalue weighted by Crippen LogP contribution is -2.06. The maximum absolute atomic E-state index is 11.4. The molecular weight excluding hydrogens is 322 g/mol. The second-order valence-corrected chi connectivity index (χ2v) is 7.25.